The Balaban J connectivity index is 1.86. The van der Waals surface area contributed by atoms with Gasteiger partial charge in [-0.1, -0.05) is 5.16 Å². The molecular weight excluding hydrogens is 208 g/mol. The van der Waals surface area contributed by atoms with Crippen LogP contribution in [0.2, 0.25) is 0 Å². The van der Waals surface area contributed by atoms with Crippen molar-refractivity contribution in [3.05, 3.63) is 11.7 Å². The molecule has 1 aromatic rings. The quantitative estimate of drug-likeness (QED) is 0.828. The molecule has 5 nitrogen and oxygen atoms in total. The molecule has 1 aromatic heterocycles. The normalized spacial score (nSPS) is 19.9. The molecule has 0 aliphatic carbocycles. The lowest BCUT2D eigenvalue weighted by Gasteiger charge is -2.19. The Morgan fingerprint density at radius 2 is 2.19 bits per heavy atom. The predicted octanol–water partition coefficient (Wildman–Crippen LogP) is 0.962. The lowest BCUT2D eigenvalue weighted by molar-refractivity contribution is 0.0642. The fourth-order valence-electron chi connectivity index (χ4n) is 1.92. The molecule has 5 heteroatoms. The van der Waals surface area contributed by atoms with Crippen molar-refractivity contribution in [1.29, 1.82) is 0 Å². The highest BCUT2D eigenvalue weighted by Gasteiger charge is 2.18. The van der Waals surface area contributed by atoms with E-state index in [1.807, 2.05) is 0 Å². The summed E-state index contributed by atoms with van der Waals surface area (Å²) < 4.78 is 10.5. The van der Waals surface area contributed by atoms with Crippen LogP contribution >= 0.6 is 0 Å². The summed E-state index contributed by atoms with van der Waals surface area (Å²) in [6.07, 6.45) is 2.99. The Morgan fingerprint density at radius 3 is 2.88 bits per heavy atom. The van der Waals surface area contributed by atoms with Gasteiger partial charge in [-0.15, -0.1) is 0 Å². The van der Waals surface area contributed by atoms with Crippen molar-refractivity contribution >= 4 is 0 Å². The van der Waals surface area contributed by atoms with Crippen molar-refractivity contribution in [2.24, 2.45) is 5.92 Å². The first-order valence-electron chi connectivity index (χ1n) is 5.81. The molecule has 16 heavy (non-hydrogen) atoms. The highest BCUT2D eigenvalue weighted by atomic mass is 16.5. The zero-order valence-electron chi connectivity index (χ0n) is 9.56. The van der Waals surface area contributed by atoms with Crippen LogP contribution in [-0.2, 0) is 17.6 Å². The zero-order chi connectivity index (χ0) is 11.4. The first-order chi connectivity index (χ1) is 7.74. The van der Waals surface area contributed by atoms with Crippen molar-refractivity contribution in [1.82, 2.24) is 10.1 Å². The van der Waals surface area contributed by atoms with Crippen molar-refractivity contribution in [2.45, 2.75) is 38.7 Å². The first kappa shape index (κ1) is 11.5. The fourth-order valence-corrected chi connectivity index (χ4v) is 1.92. The molecule has 0 aromatic carbocycles. The molecule has 1 atom stereocenters. The molecule has 1 aliphatic rings. The van der Waals surface area contributed by atoms with E-state index >= 15 is 0 Å². The van der Waals surface area contributed by atoms with Gasteiger partial charge in [0.15, 0.2) is 5.82 Å². The third kappa shape index (κ3) is 3.28. The molecule has 0 spiro atoms. The van der Waals surface area contributed by atoms with Crippen molar-refractivity contribution in [3.63, 3.8) is 0 Å². The van der Waals surface area contributed by atoms with Crippen LogP contribution in [0, 0.1) is 5.92 Å². The Hall–Kier alpha value is -0.940. The second-order valence-corrected chi connectivity index (χ2v) is 4.42. The van der Waals surface area contributed by atoms with Crippen LogP contribution in [0.25, 0.3) is 0 Å². The average molecular weight is 226 g/mol. The van der Waals surface area contributed by atoms with E-state index in [4.69, 9.17) is 9.26 Å². The maximum absolute atomic E-state index is 9.20. The molecule has 1 saturated heterocycles. The smallest absolute Gasteiger partial charge is 0.226 e. The van der Waals surface area contributed by atoms with Gasteiger partial charge in [0.1, 0.15) is 0 Å². The van der Waals surface area contributed by atoms with E-state index in [9.17, 15) is 5.11 Å². The summed E-state index contributed by atoms with van der Waals surface area (Å²) in [7, 11) is 0. The van der Waals surface area contributed by atoms with Crippen LogP contribution in [0.3, 0.4) is 0 Å². The van der Waals surface area contributed by atoms with Gasteiger partial charge in [-0.05, 0) is 25.7 Å². The summed E-state index contributed by atoms with van der Waals surface area (Å²) in [5.41, 5.74) is 0. The Kier molecular flexibility index (Phi) is 3.90. The number of aliphatic hydroxyl groups excluding tert-OH is 1. The van der Waals surface area contributed by atoms with Gasteiger partial charge >= 0.3 is 0 Å². The first-order valence-corrected chi connectivity index (χ1v) is 5.81. The molecule has 2 rings (SSSR count). The number of aliphatic hydroxyl groups is 1. The van der Waals surface area contributed by atoms with Crippen LogP contribution in [0.4, 0.5) is 0 Å². The van der Waals surface area contributed by atoms with Crippen LogP contribution in [-0.4, -0.2) is 34.6 Å². The number of hydrogen-bond acceptors (Lipinski definition) is 5. The standard InChI is InChI=1S/C11H18N2O3/c1-8(14)6-10-12-11(16-13-10)7-9-2-4-15-5-3-9/h8-9,14H,2-7H2,1H3. The maximum Gasteiger partial charge on any atom is 0.226 e. The molecule has 1 unspecified atom stereocenters. The third-order valence-corrected chi connectivity index (χ3v) is 2.79. The fraction of sp³-hybridized carbons (Fsp3) is 0.818. The highest BCUT2D eigenvalue weighted by molar-refractivity contribution is 4.89. The molecule has 2 heterocycles. The molecule has 90 valence electrons. The van der Waals surface area contributed by atoms with E-state index in [0.29, 0.717) is 24.1 Å². The second-order valence-electron chi connectivity index (χ2n) is 4.42. The topological polar surface area (TPSA) is 68.4 Å². The third-order valence-electron chi connectivity index (χ3n) is 2.79. The average Bonchev–Trinajstić information content (AvgIpc) is 2.66. The molecule has 0 bridgehead atoms. The van der Waals surface area contributed by atoms with Crippen molar-refractivity contribution in [3.8, 4) is 0 Å². The van der Waals surface area contributed by atoms with Gasteiger partial charge in [0, 0.05) is 26.1 Å². The van der Waals surface area contributed by atoms with Gasteiger partial charge in [-0.3, -0.25) is 0 Å². The number of nitrogens with zero attached hydrogens (tertiary/aromatic N) is 2. The monoisotopic (exact) mass is 226 g/mol. The lowest BCUT2D eigenvalue weighted by atomic mass is 9.97. The van der Waals surface area contributed by atoms with E-state index in [-0.39, 0.29) is 0 Å². The number of hydrogen-bond donors (Lipinski definition) is 1. The van der Waals surface area contributed by atoms with Gasteiger partial charge in [0.25, 0.3) is 0 Å². The number of rotatable bonds is 4. The van der Waals surface area contributed by atoms with Crippen molar-refractivity contribution < 1.29 is 14.4 Å². The van der Waals surface area contributed by atoms with E-state index in [0.717, 1.165) is 32.5 Å². The van der Waals surface area contributed by atoms with Crippen LogP contribution in [0.1, 0.15) is 31.5 Å². The van der Waals surface area contributed by atoms with Gasteiger partial charge < -0.3 is 14.4 Å². The summed E-state index contributed by atoms with van der Waals surface area (Å²) in [6, 6.07) is 0. The Morgan fingerprint density at radius 1 is 1.44 bits per heavy atom. The van der Waals surface area contributed by atoms with E-state index < -0.39 is 6.10 Å². The summed E-state index contributed by atoms with van der Waals surface area (Å²) in [5, 5.41) is 13.0. The molecule has 1 aliphatic heterocycles. The van der Waals surface area contributed by atoms with E-state index in [1.165, 1.54) is 0 Å². The van der Waals surface area contributed by atoms with Crippen LogP contribution in [0.5, 0.6) is 0 Å². The molecule has 1 N–H and O–H groups in total. The summed E-state index contributed by atoms with van der Waals surface area (Å²) in [6.45, 7) is 3.38. The van der Waals surface area contributed by atoms with Crippen LogP contribution < -0.4 is 0 Å². The van der Waals surface area contributed by atoms with Gasteiger partial charge in [-0.25, -0.2) is 0 Å². The summed E-state index contributed by atoms with van der Waals surface area (Å²) in [4.78, 5) is 4.27. The molecule has 0 radical (unpaired) electrons. The molecular formula is C11H18N2O3. The van der Waals surface area contributed by atoms with E-state index in [1.54, 1.807) is 6.92 Å². The maximum atomic E-state index is 9.20. The van der Waals surface area contributed by atoms with Gasteiger partial charge in [-0.2, -0.15) is 4.98 Å². The minimum Gasteiger partial charge on any atom is -0.393 e. The second kappa shape index (κ2) is 5.41. The zero-order valence-corrected chi connectivity index (χ0v) is 9.56. The Labute approximate surface area is 94.8 Å². The van der Waals surface area contributed by atoms with E-state index in [2.05, 4.69) is 10.1 Å². The Bertz CT molecular complexity index is 319. The minimum atomic E-state index is -0.423. The predicted molar refractivity (Wildman–Crippen MR) is 56.9 cm³/mol. The largest absolute Gasteiger partial charge is 0.393 e. The minimum absolute atomic E-state index is 0.423. The van der Waals surface area contributed by atoms with Crippen molar-refractivity contribution in [2.75, 3.05) is 13.2 Å². The molecule has 0 saturated carbocycles. The highest BCUT2D eigenvalue weighted by Crippen LogP contribution is 2.19. The number of aromatic nitrogens is 2. The summed E-state index contributed by atoms with van der Waals surface area (Å²) >= 11 is 0. The van der Waals surface area contributed by atoms with Gasteiger partial charge in [0.05, 0.1) is 6.10 Å². The molecule has 1 fully saturated rings. The lowest BCUT2D eigenvalue weighted by Crippen LogP contribution is -2.17. The molecule has 0 amide bonds. The van der Waals surface area contributed by atoms with Gasteiger partial charge in [0.2, 0.25) is 5.89 Å². The van der Waals surface area contributed by atoms with Crippen LogP contribution in [0.15, 0.2) is 4.52 Å². The number of ether oxygens (including phenoxy) is 1. The summed E-state index contributed by atoms with van der Waals surface area (Å²) in [5.74, 6) is 1.87. The SMILES string of the molecule is CC(O)Cc1noc(CC2CCOCC2)n1.